The zero-order chi connectivity index (χ0) is 11.6. The molecule has 2 nitrogen and oxygen atoms in total. The molecule has 0 aliphatic heterocycles. The van der Waals surface area contributed by atoms with E-state index in [1.807, 2.05) is 0 Å². The van der Waals surface area contributed by atoms with Gasteiger partial charge < -0.3 is 11.1 Å². The van der Waals surface area contributed by atoms with E-state index in [4.69, 9.17) is 5.73 Å². The fourth-order valence-electron chi connectivity index (χ4n) is 0.968. The maximum absolute atomic E-state index is 12.4. The summed E-state index contributed by atoms with van der Waals surface area (Å²) in [6.07, 6.45) is -4.37. The van der Waals surface area contributed by atoms with Crippen molar-refractivity contribution >= 4 is 45.6 Å². The van der Waals surface area contributed by atoms with E-state index in [-0.39, 0.29) is 10.8 Å². The normalized spacial score (nSPS) is 11.2. The third-order valence-corrected chi connectivity index (χ3v) is 2.22. The Morgan fingerprint density at radius 3 is 2.40 bits per heavy atom. The van der Waals surface area contributed by atoms with Crippen LogP contribution in [0.25, 0.3) is 0 Å². The number of rotatable bonds is 1. The van der Waals surface area contributed by atoms with Crippen molar-refractivity contribution in [3.8, 4) is 0 Å². The van der Waals surface area contributed by atoms with Gasteiger partial charge in [0.15, 0.2) is 5.11 Å². The molecule has 0 saturated heterocycles. The van der Waals surface area contributed by atoms with Crippen LogP contribution >= 0.6 is 34.8 Å². The summed E-state index contributed by atoms with van der Waals surface area (Å²) in [5.41, 5.74) is 4.68. The summed E-state index contributed by atoms with van der Waals surface area (Å²) in [5, 5.41) is 2.40. The average Bonchev–Trinajstić information content (AvgIpc) is 1.99. The predicted molar refractivity (Wildman–Crippen MR) is 64.6 cm³/mol. The van der Waals surface area contributed by atoms with Gasteiger partial charge in [-0.2, -0.15) is 13.2 Å². The highest BCUT2D eigenvalue weighted by molar-refractivity contribution is 14.1. The lowest BCUT2D eigenvalue weighted by atomic mass is 10.2. The Hall–Kier alpha value is -0.570. The molecular weight excluding hydrogens is 340 g/mol. The number of benzene rings is 1. The second kappa shape index (κ2) is 4.52. The van der Waals surface area contributed by atoms with E-state index in [1.54, 1.807) is 22.6 Å². The molecule has 0 spiro atoms. The second-order valence-electron chi connectivity index (χ2n) is 2.72. The standard InChI is InChI=1S/C8H6F3IN2S/c9-8(10,11)4-1-5(12)3-6(2-4)14-7(13)15/h1-3H,(H3,13,14,15). The number of alkyl halides is 3. The molecule has 0 heterocycles. The maximum Gasteiger partial charge on any atom is 0.416 e. The van der Waals surface area contributed by atoms with Gasteiger partial charge in [-0.05, 0) is 53.0 Å². The van der Waals surface area contributed by atoms with Crippen molar-refractivity contribution < 1.29 is 13.2 Å². The molecule has 1 aromatic rings. The first-order valence-electron chi connectivity index (χ1n) is 3.73. The summed E-state index contributed by atoms with van der Waals surface area (Å²) in [6, 6.07) is 3.53. The molecule has 0 amide bonds. The van der Waals surface area contributed by atoms with Crippen LogP contribution in [0.1, 0.15) is 5.56 Å². The Morgan fingerprint density at radius 1 is 1.33 bits per heavy atom. The molecule has 0 bridgehead atoms. The summed E-state index contributed by atoms with van der Waals surface area (Å²) < 4.78 is 37.6. The highest BCUT2D eigenvalue weighted by atomic mass is 127. The molecule has 3 N–H and O–H groups in total. The summed E-state index contributed by atoms with van der Waals surface area (Å²) in [4.78, 5) is 0. The molecule has 0 aliphatic carbocycles. The van der Waals surface area contributed by atoms with Gasteiger partial charge in [0.1, 0.15) is 0 Å². The molecule has 0 unspecified atom stereocenters. The Balaban J connectivity index is 3.11. The molecule has 15 heavy (non-hydrogen) atoms. The van der Waals surface area contributed by atoms with Crippen molar-refractivity contribution in [1.29, 1.82) is 0 Å². The molecule has 0 atom stereocenters. The third kappa shape index (κ3) is 3.82. The van der Waals surface area contributed by atoms with Crippen LogP contribution < -0.4 is 11.1 Å². The molecule has 7 heteroatoms. The van der Waals surface area contributed by atoms with Gasteiger partial charge in [0.25, 0.3) is 0 Å². The molecule has 0 aliphatic rings. The maximum atomic E-state index is 12.4. The van der Waals surface area contributed by atoms with E-state index in [9.17, 15) is 13.2 Å². The molecule has 0 saturated carbocycles. The molecule has 0 radical (unpaired) electrons. The van der Waals surface area contributed by atoms with Crippen LogP contribution in [-0.2, 0) is 6.18 Å². The van der Waals surface area contributed by atoms with Gasteiger partial charge in [-0.15, -0.1) is 0 Å². The monoisotopic (exact) mass is 346 g/mol. The van der Waals surface area contributed by atoms with Crippen LogP contribution in [0, 0.1) is 3.57 Å². The number of anilines is 1. The van der Waals surface area contributed by atoms with Gasteiger partial charge in [0.2, 0.25) is 0 Å². The molecule has 0 fully saturated rings. The fraction of sp³-hybridized carbons (Fsp3) is 0.125. The Morgan fingerprint density at radius 2 is 1.93 bits per heavy atom. The van der Waals surface area contributed by atoms with Gasteiger partial charge >= 0.3 is 6.18 Å². The van der Waals surface area contributed by atoms with Crippen LogP contribution in [0.15, 0.2) is 18.2 Å². The first kappa shape index (κ1) is 12.5. The molecular formula is C8H6F3IN2S. The lowest BCUT2D eigenvalue weighted by Gasteiger charge is -2.10. The highest BCUT2D eigenvalue weighted by Gasteiger charge is 2.31. The van der Waals surface area contributed by atoms with Crippen LogP contribution in [0.2, 0.25) is 0 Å². The van der Waals surface area contributed by atoms with Crippen LogP contribution in [0.4, 0.5) is 18.9 Å². The zero-order valence-corrected chi connectivity index (χ0v) is 10.2. The zero-order valence-electron chi connectivity index (χ0n) is 7.23. The van der Waals surface area contributed by atoms with E-state index < -0.39 is 11.7 Å². The minimum atomic E-state index is -4.37. The Kier molecular flexibility index (Phi) is 3.77. The summed E-state index contributed by atoms with van der Waals surface area (Å²) in [5.74, 6) is 0. The summed E-state index contributed by atoms with van der Waals surface area (Å²) in [6.45, 7) is 0. The molecule has 0 aromatic heterocycles. The smallest absolute Gasteiger partial charge is 0.376 e. The Bertz CT molecular complexity index is 392. The van der Waals surface area contributed by atoms with Crippen molar-refractivity contribution in [2.45, 2.75) is 6.18 Å². The van der Waals surface area contributed by atoms with Crippen molar-refractivity contribution in [3.05, 3.63) is 27.3 Å². The molecule has 82 valence electrons. The van der Waals surface area contributed by atoms with Crippen molar-refractivity contribution in [1.82, 2.24) is 0 Å². The largest absolute Gasteiger partial charge is 0.416 e. The average molecular weight is 346 g/mol. The lowest BCUT2D eigenvalue weighted by Crippen LogP contribution is -2.19. The number of nitrogens with two attached hydrogens (primary N) is 1. The van der Waals surface area contributed by atoms with Crippen molar-refractivity contribution in [2.75, 3.05) is 5.32 Å². The minimum Gasteiger partial charge on any atom is -0.376 e. The van der Waals surface area contributed by atoms with Gasteiger partial charge in [-0.1, -0.05) is 0 Å². The van der Waals surface area contributed by atoms with E-state index in [1.165, 1.54) is 6.07 Å². The lowest BCUT2D eigenvalue weighted by molar-refractivity contribution is -0.137. The van der Waals surface area contributed by atoms with Crippen molar-refractivity contribution in [3.63, 3.8) is 0 Å². The van der Waals surface area contributed by atoms with Crippen LogP contribution in [-0.4, -0.2) is 5.11 Å². The topological polar surface area (TPSA) is 38.0 Å². The van der Waals surface area contributed by atoms with E-state index in [0.717, 1.165) is 12.1 Å². The van der Waals surface area contributed by atoms with E-state index in [2.05, 4.69) is 17.5 Å². The van der Waals surface area contributed by atoms with Crippen LogP contribution in [0.3, 0.4) is 0 Å². The fourth-order valence-corrected chi connectivity index (χ4v) is 1.76. The third-order valence-electron chi connectivity index (χ3n) is 1.49. The first-order chi connectivity index (χ1) is 6.79. The van der Waals surface area contributed by atoms with E-state index >= 15 is 0 Å². The quantitative estimate of drug-likeness (QED) is 0.607. The highest BCUT2D eigenvalue weighted by Crippen LogP contribution is 2.32. The molecule has 1 aromatic carbocycles. The number of thiocarbonyl (C=S) groups is 1. The second-order valence-corrected chi connectivity index (χ2v) is 4.40. The SMILES string of the molecule is NC(=S)Nc1cc(I)cc(C(F)(F)F)c1. The minimum absolute atomic E-state index is 0.0647. The number of halogens is 4. The number of nitrogens with one attached hydrogen (secondary N) is 1. The van der Waals surface area contributed by atoms with E-state index in [0.29, 0.717) is 3.57 Å². The van der Waals surface area contributed by atoms with Crippen LogP contribution in [0.5, 0.6) is 0 Å². The molecule has 1 rings (SSSR count). The number of hydrogen-bond donors (Lipinski definition) is 2. The number of hydrogen-bond acceptors (Lipinski definition) is 1. The predicted octanol–water partition coefficient (Wildman–Crippen LogP) is 2.97. The first-order valence-corrected chi connectivity index (χ1v) is 5.22. The Labute approximate surface area is 103 Å². The van der Waals surface area contributed by atoms with Gasteiger partial charge in [0.05, 0.1) is 5.56 Å². The van der Waals surface area contributed by atoms with Gasteiger partial charge in [-0.25, -0.2) is 0 Å². The summed E-state index contributed by atoms with van der Waals surface area (Å²) in [7, 11) is 0. The van der Waals surface area contributed by atoms with Gasteiger partial charge in [-0.3, -0.25) is 0 Å². The van der Waals surface area contributed by atoms with Crippen molar-refractivity contribution in [2.24, 2.45) is 5.73 Å². The summed E-state index contributed by atoms with van der Waals surface area (Å²) >= 11 is 6.33. The van der Waals surface area contributed by atoms with Gasteiger partial charge in [0, 0.05) is 9.26 Å².